The number of esters is 1. The van der Waals surface area contributed by atoms with Gasteiger partial charge in [-0.3, -0.25) is 4.79 Å². The smallest absolute Gasteiger partial charge is 0.343 e. The van der Waals surface area contributed by atoms with E-state index in [2.05, 4.69) is 10.5 Å². The molecule has 0 aromatic heterocycles. The molecule has 0 aliphatic rings. The van der Waals surface area contributed by atoms with Crippen LogP contribution in [-0.2, 0) is 4.79 Å². The Morgan fingerprint density at radius 3 is 2.64 bits per heavy atom. The average molecular weight is 447 g/mol. The number of methoxy groups -OCH3 is 1. The third-order valence-electron chi connectivity index (χ3n) is 4.22. The molecule has 9 heteroatoms. The van der Waals surface area contributed by atoms with E-state index in [0.717, 1.165) is 6.07 Å². The van der Waals surface area contributed by atoms with Crippen molar-refractivity contribution in [3.8, 4) is 23.3 Å². The van der Waals surface area contributed by atoms with Gasteiger partial charge in [-0.2, -0.15) is 10.4 Å². The molecule has 3 aromatic rings. The van der Waals surface area contributed by atoms with Crippen LogP contribution in [-0.4, -0.2) is 31.8 Å². The van der Waals surface area contributed by atoms with E-state index in [0.29, 0.717) is 16.9 Å². The van der Waals surface area contributed by atoms with Crippen LogP contribution in [0.5, 0.6) is 17.2 Å². The highest BCUT2D eigenvalue weighted by molar-refractivity contribution is 5.91. The fraction of sp³-hybridized carbons (Fsp3) is 0.0833. The number of para-hydroxylation sites is 1. The van der Waals surface area contributed by atoms with E-state index in [9.17, 15) is 14.0 Å². The molecule has 0 spiro atoms. The summed E-state index contributed by atoms with van der Waals surface area (Å²) < 4.78 is 29.2. The fourth-order valence-corrected chi connectivity index (χ4v) is 2.66. The Morgan fingerprint density at radius 2 is 1.88 bits per heavy atom. The summed E-state index contributed by atoms with van der Waals surface area (Å²) in [5.74, 6) is -1.13. The van der Waals surface area contributed by atoms with Gasteiger partial charge in [-0.1, -0.05) is 18.2 Å². The van der Waals surface area contributed by atoms with E-state index < -0.39 is 17.7 Å². The Kier molecular flexibility index (Phi) is 7.70. The second kappa shape index (κ2) is 11.1. The van der Waals surface area contributed by atoms with Gasteiger partial charge < -0.3 is 14.2 Å². The van der Waals surface area contributed by atoms with Gasteiger partial charge in [0, 0.05) is 0 Å². The van der Waals surface area contributed by atoms with E-state index in [1.54, 1.807) is 36.4 Å². The second-order valence-corrected chi connectivity index (χ2v) is 6.50. The minimum atomic E-state index is -0.737. The third kappa shape index (κ3) is 6.38. The number of carbonyl (C=O) groups excluding carboxylic acids is 2. The monoisotopic (exact) mass is 447 g/mol. The van der Waals surface area contributed by atoms with Crippen LogP contribution in [0.4, 0.5) is 4.39 Å². The van der Waals surface area contributed by atoms with Gasteiger partial charge in [-0.05, 0) is 54.1 Å². The minimum absolute atomic E-state index is 0.0602. The quantitative estimate of drug-likeness (QED) is 0.245. The molecule has 0 atom stereocenters. The number of hydrogen-bond donors (Lipinski definition) is 1. The van der Waals surface area contributed by atoms with Crippen molar-refractivity contribution in [2.75, 3.05) is 13.7 Å². The van der Waals surface area contributed by atoms with Gasteiger partial charge in [0.2, 0.25) is 0 Å². The van der Waals surface area contributed by atoms with Crippen molar-refractivity contribution < 1.29 is 28.2 Å². The van der Waals surface area contributed by atoms with Crippen LogP contribution < -0.4 is 19.6 Å². The molecule has 0 heterocycles. The molecular weight excluding hydrogens is 429 g/mol. The minimum Gasteiger partial charge on any atom is -0.493 e. The molecule has 8 nitrogen and oxygen atoms in total. The summed E-state index contributed by atoms with van der Waals surface area (Å²) in [6, 6.07) is 18.3. The van der Waals surface area contributed by atoms with E-state index in [1.165, 1.54) is 37.6 Å². The average Bonchev–Trinajstić information content (AvgIpc) is 2.83. The van der Waals surface area contributed by atoms with Crippen LogP contribution in [0.1, 0.15) is 21.5 Å². The maximum atomic E-state index is 13.3. The van der Waals surface area contributed by atoms with E-state index in [1.807, 2.05) is 6.07 Å². The molecule has 0 saturated carbocycles. The number of nitrogens with zero attached hydrogens (tertiary/aromatic N) is 2. The van der Waals surface area contributed by atoms with Gasteiger partial charge in [0.25, 0.3) is 5.91 Å². The standard InChI is InChI=1S/C24H18FN3O5/c1-31-22-11-16(9-10-21(22)33-24(30)17-6-4-7-19(25)12-17)14-27-28-23(29)15-32-20-8-3-2-5-18(20)13-26/h2-12,14H,15H2,1H3,(H,28,29). The summed E-state index contributed by atoms with van der Waals surface area (Å²) in [7, 11) is 1.40. The van der Waals surface area contributed by atoms with Gasteiger partial charge in [0.15, 0.2) is 18.1 Å². The highest BCUT2D eigenvalue weighted by Crippen LogP contribution is 2.28. The number of nitrogens with one attached hydrogen (secondary N) is 1. The number of hydrazone groups is 1. The van der Waals surface area contributed by atoms with Crippen molar-refractivity contribution in [1.29, 1.82) is 5.26 Å². The predicted molar refractivity (Wildman–Crippen MR) is 117 cm³/mol. The first-order valence-corrected chi connectivity index (χ1v) is 9.60. The Balaban J connectivity index is 1.58. The maximum absolute atomic E-state index is 13.3. The molecule has 1 amide bonds. The topological polar surface area (TPSA) is 110 Å². The van der Waals surface area contributed by atoms with Crippen molar-refractivity contribution >= 4 is 18.1 Å². The van der Waals surface area contributed by atoms with Gasteiger partial charge in [-0.15, -0.1) is 0 Å². The van der Waals surface area contributed by atoms with Crippen molar-refractivity contribution in [2.45, 2.75) is 0 Å². The lowest BCUT2D eigenvalue weighted by molar-refractivity contribution is -0.123. The normalized spacial score (nSPS) is 10.3. The highest BCUT2D eigenvalue weighted by Gasteiger charge is 2.13. The lowest BCUT2D eigenvalue weighted by atomic mass is 10.2. The summed E-state index contributed by atoms with van der Waals surface area (Å²) >= 11 is 0. The first-order chi connectivity index (χ1) is 16.0. The number of carbonyl (C=O) groups is 2. The third-order valence-corrected chi connectivity index (χ3v) is 4.22. The summed E-state index contributed by atoms with van der Waals surface area (Å²) in [4.78, 5) is 24.1. The second-order valence-electron chi connectivity index (χ2n) is 6.50. The molecule has 0 bridgehead atoms. The van der Waals surface area contributed by atoms with Crippen molar-refractivity contribution in [1.82, 2.24) is 5.43 Å². The van der Waals surface area contributed by atoms with Crippen molar-refractivity contribution in [2.24, 2.45) is 5.10 Å². The largest absolute Gasteiger partial charge is 0.493 e. The van der Waals surface area contributed by atoms with Gasteiger partial charge in [-0.25, -0.2) is 14.6 Å². The molecule has 166 valence electrons. The summed E-state index contributed by atoms with van der Waals surface area (Å²) in [6.07, 6.45) is 1.36. The van der Waals surface area contributed by atoms with E-state index in [4.69, 9.17) is 19.5 Å². The number of hydrogen-bond acceptors (Lipinski definition) is 7. The van der Waals surface area contributed by atoms with Crippen molar-refractivity contribution in [3.63, 3.8) is 0 Å². The van der Waals surface area contributed by atoms with Crippen LogP contribution in [0.3, 0.4) is 0 Å². The number of halogens is 1. The fourth-order valence-electron chi connectivity index (χ4n) is 2.66. The summed E-state index contributed by atoms with van der Waals surface area (Å²) in [5.41, 5.74) is 3.24. The van der Waals surface area contributed by atoms with Crippen molar-refractivity contribution in [3.05, 3.63) is 89.2 Å². The number of benzene rings is 3. The first kappa shape index (κ1) is 23.0. The predicted octanol–water partition coefficient (Wildman–Crippen LogP) is 3.45. The van der Waals surface area contributed by atoms with Gasteiger partial charge >= 0.3 is 5.97 Å². The molecule has 0 unspecified atom stereocenters. The molecule has 1 N–H and O–H groups in total. The zero-order valence-electron chi connectivity index (χ0n) is 17.4. The molecule has 0 aliphatic heterocycles. The number of rotatable bonds is 8. The molecule has 33 heavy (non-hydrogen) atoms. The van der Waals surface area contributed by atoms with Crippen LogP contribution in [0.25, 0.3) is 0 Å². The van der Waals surface area contributed by atoms with Gasteiger partial charge in [0.1, 0.15) is 17.6 Å². The zero-order chi connectivity index (χ0) is 23.6. The Morgan fingerprint density at radius 1 is 1.06 bits per heavy atom. The van der Waals surface area contributed by atoms with Crippen LogP contribution in [0, 0.1) is 17.1 Å². The lowest BCUT2D eigenvalue weighted by Gasteiger charge is -2.10. The van der Waals surface area contributed by atoms with Crippen LogP contribution in [0.2, 0.25) is 0 Å². The molecule has 0 radical (unpaired) electrons. The number of amides is 1. The van der Waals surface area contributed by atoms with E-state index in [-0.39, 0.29) is 23.7 Å². The number of ether oxygens (including phenoxy) is 3. The molecule has 3 aromatic carbocycles. The molecular formula is C24H18FN3O5. The summed E-state index contributed by atoms with van der Waals surface area (Å²) in [5, 5.41) is 12.9. The molecule has 3 rings (SSSR count). The Labute approximate surface area is 188 Å². The van der Waals surface area contributed by atoms with Gasteiger partial charge in [0.05, 0.1) is 24.5 Å². The molecule has 0 fully saturated rings. The lowest BCUT2D eigenvalue weighted by Crippen LogP contribution is -2.24. The maximum Gasteiger partial charge on any atom is 0.343 e. The SMILES string of the molecule is COc1cc(C=NNC(=O)COc2ccccc2C#N)ccc1OC(=O)c1cccc(F)c1. The molecule has 0 aliphatic carbocycles. The highest BCUT2D eigenvalue weighted by atomic mass is 19.1. The van der Waals surface area contributed by atoms with E-state index >= 15 is 0 Å². The molecule has 0 saturated heterocycles. The Bertz CT molecular complexity index is 1240. The first-order valence-electron chi connectivity index (χ1n) is 9.60. The van der Waals surface area contributed by atoms with Crippen LogP contribution >= 0.6 is 0 Å². The number of nitriles is 1. The summed E-state index contributed by atoms with van der Waals surface area (Å²) in [6.45, 7) is -0.325. The Hall–Kier alpha value is -4.71. The zero-order valence-corrected chi connectivity index (χ0v) is 17.4. The van der Waals surface area contributed by atoms with Crippen LogP contribution in [0.15, 0.2) is 71.8 Å².